The molecule has 0 radical (unpaired) electrons. The van der Waals surface area contributed by atoms with Gasteiger partial charge in [0.25, 0.3) is 0 Å². The van der Waals surface area contributed by atoms with Crippen molar-refractivity contribution in [2.24, 2.45) is 0 Å². The maximum absolute atomic E-state index is 13.0. The first-order valence-electron chi connectivity index (χ1n) is 8.96. The average Bonchev–Trinajstić information content (AvgIpc) is 2.67. The zero-order valence-corrected chi connectivity index (χ0v) is 14.8. The Labute approximate surface area is 149 Å². The smallest absolute Gasteiger partial charge is 0.241 e. The lowest BCUT2D eigenvalue weighted by atomic mass is 9.92. The highest BCUT2D eigenvalue weighted by molar-refractivity contribution is 5.99. The SMILES string of the molecule is COc1cccc2c1N1C(=O)CN([C@@H](C)c3ccccc3)C[C@H]1CC2. The lowest BCUT2D eigenvalue weighted by Crippen LogP contribution is -2.58. The second-order valence-corrected chi connectivity index (χ2v) is 6.94. The minimum absolute atomic E-state index is 0.171. The summed E-state index contributed by atoms with van der Waals surface area (Å²) >= 11 is 0. The number of carbonyl (C=O) groups excluding carboxylic acids is 1. The Morgan fingerprint density at radius 1 is 1.12 bits per heavy atom. The van der Waals surface area contributed by atoms with Crippen molar-refractivity contribution in [3.05, 3.63) is 59.7 Å². The van der Waals surface area contributed by atoms with Crippen LogP contribution in [0.3, 0.4) is 0 Å². The van der Waals surface area contributed by atoms with E-state index in [1.54, 1.807) is 7.11 Å². The highest BCUT2D eigenvalue weighted by Crippen LogP contribution is 2.40. The number of benzene rings is 2. The molecule has 0 unspecified atom stereocenters. The predicted octanol–water partition coefficient (Wildman–Crippen LogP) is 3.42. The number of piperazine rings is 1. The molecule has 1 amide bonds. The molecule has 2 heterocycles. The van der Waals surface area contributed by atoms with Crippen LogP contribution in [0.25, 0.3) is 0 Å². The molecular weight excluding hydrogens is 312 g/mol. The number of nitrogens with zero attached hydrogens (tertiary/aromatic N) is 2. The number of ether oxygens (including phenoxy) is 1. The van der Waals surface area contributed by atoms with Gasteiger partial charge >= 0.3 is 0 Å². The molecule has 2 aliphatic heterocycles. The third kappa shape index (κ3) is 2.81. The predicted molar refractivity (Wildman–Crippen MR) is 99.0 cm³/mol. The van der Waals surface area contributed by atoms with Gasteiger partial charge in [-0.2, -0.15) is 0 Å². The van der Waals surface area contributed by atoms with Gasteiger partial charge < -0.3 is 9.64 Å². The fourth-order valence-electron chi connectivity index (χ4n) is 4.17. The number of hydrogen-bond donors (Lipinski definition) is 0. The summed E-state index contributed by atoms with van der Waals surface area (Å²) in [7, 11) is 1.68. The van der Waals surface area contributed by atoms with Crippen LogP contribution in [0.1, 0.15) is 30.5 Å². The summed E-state index contributed by atoms with van der Waals surface area (Å²) in [4.78, 5) is 17.3. The summed E-state index contributed by atoms with van der Waals surface area (Å²) in [6, 6.07) is 17.0. The van der Waals surface area contributed by atoms with Gasteiger partial charge in [0.15, 0.2) is 0 Å². The topological polar surface area (TPSA) is 32.8 Å². The number of aryl methyl sites for hydroxylation is 1. The minimum atomic E-state index is 0.171. The Balaban J connectivity index is 1.62. The molecule has 0 N–H and O–H groups in total. The van der Waals surface area contributed by atoms with Gasteiger partial charge in [-0.05, 0) is 37.0 Å². The molecule has 4 rings (SSSR count). The Morgan fingerprint density at radius 3 is 2.68 bits per heavy atom. The summed E-state index contributed by atoms with van der Waals surface area (Å²) in [6.07, 6.45) is 2.00. The number of anilines is 1. The molecular formula is C21H24N2O2. The normalized spacial score (nSPS) is 21.4. The molecule has 0 spiro atoms. The van der Waals surface area contributed by atoms with Gasteiger partial charge in [-0.1, -0.05) is 42.5 Å². The monoisotopic (exact) mass is 336 g/mol. The summed E-state index contributed by atoms with van der Waals surface area (Å²) in [5.74, 6) is 0.976. The summed E-state index contributed by atoms with van der Waals surface area (Å²) in [5, 5.41) is 0. The summed E-state index contributed by atoms with van der Waals surface area (Å²) < 4.78 is 5.55. The number of rotatable bonds is 3. The van der Waals surface area contributed by atoms with Gasteiger partial charge in [-0.15, -0.1) is 0 Å². The van der Waals surface area contributed by atoms with Crippen molar-refractivity contribution >= 4 is 11.6 Å². The number of amides is 1. The van der Waals surface area contributed by atoms with E-state index in [4.69, 9.17) is 4.74 Å². The van der Waals surface area contributed by atoms with Crippen LogP contribution < -0.4 is 9.64 Å². The van der Waals surface area contributed by atoms with Crippen molar-refractivity contribution in [1.29, 1.82) is 0 Å². The zero-order valence-electron chi connectivity index (χ0n) is 14.8. The maximum atomic E-state index is 13.0. The van der Waals surface area contributed by atoms with Crippen molar-refractivity contribution in [1.82, 2.24) is 4.90 Å². The molecule has 0 aromatic heterocycles. The zero-order chi connectivity index (χ0) is 17.4. The average molecular weight is 336 g/mol. The van der Waals surface area contributed by atoms with Crippen LogP contribution in [0.2, 0.25) is 0 Å². The Kier molecular flexibility index (Phi) is 4.22. The van der Waals surface area contributed by atoms with Crippen molar-refractivity contribution in [3.8, 4) is 5.75 Å². The van der Waals surface area contributed by atoms with E-state index in [9.17, 15) is 4.79 Å². The minimum Gasteiger partial charge on any atom is -0.495 e. The van der Waals surface area contributed by atoms with E-state index >= 15 is 0 Å². The van der Waals surface area contributed by atoms with Crippen molar-refractivity contribution < 1.29 is 9.53 Å². The molecule has 4 heteroatoms. The second-order valence-electron chi connectivity index (χ2n) is 6.94. The van der Waals surface area contributed by atoms with E-state index in [1.165, 1.54) is 11.1 Å². The van der Waals surface area contributed by atoms with E-state index in [0.717, 1.165) is 30.8 Å². The Morgan fingerprint density at radius 2 is 1.92 bits per heavy atom. The molecule has 0 bridgehead atoms. The van der Waals surface area contributed by atoms with Crippen LogP contribution in [0.4, 0.5) is 5.69 Å². The molecule has 2 atom stereocenters. The van der Waals surface area contributed by atoms with Crippen molar-refractivity contribution in [2.75, 3.05) is 25.1 Å². The second kappa shape index (κ2) is 6.52. The molecule has 130 valence electrons. The Hall–Kier alpha value is -2.33. The van der Waals surface area contributed by atoms with Gasteiger partial charge in [0.2, 0.25) is 5.91 Å². The highest BCUT2D eigenvalue weighted by atomic mass is 16.5. The van der Waals surface area contributed by atoms with Crippen molar-refractivity contribution in [2.45, 2.75) is 31.8 Å². The van der Waals surface area contributed by atoms with Gasteiger partial charge in [0.1, 0.15) is 5.75 Å². The fourth-order valence-corrected chi connectivity index (χ4v) is 4.17. The van der Waals surface area contributed by atoms with Crippen LogP contribution in [0.15, 0.2) is 48.5 Å². The molecule has 2 aromatic rings. The number of carbonyl (C=O) groups is 1. The van der Waals surface area contributed by atoms with Crippen molar-refractivity contribution in [3.63, 3.8) is 0 Å². The fraction of sp³-hybridized carbons (Fsp3) is 0.381. The van der Waals surface area contributed by atoms with E-state index in [2.05, 4.69) is 42.2 Å². The summed E-state index contributed by atoms with van der Waals surface area (Å²) in [5.41, 5.74) is 3.46. The van der Waals surface area contributed by atoms with Gasteiger partial charge in [0, 0.05) is 12.6 Å². The first-order chi connectivity index (χ1) is 12.2. The molecule has 0 saturated carbocycles. The van der Waals surface area contributed by atoms with Crippen LogP contribution in [-0.2, 0) is 11.2 Å². The van der Waals surface area contributed by atoms with Crippen LogP contribution in [0, 0.1) is 0 Å². The van der Waals surface area contributed by atoms with Crippen LogP contribution in [0.5, 0.6) is 5.75 Å². The molecule has 1 fully saturated rings. The maximum Gasteiger partial charge on any atom is 0.241 e. The third-order valence-corrected chi connectivity index (χ3v) is 5.54. The quantitative estimate of drug-likeness (QED) is 0.861. The standard InChI is InChI=1S/C21H24N2O2/c1-15(16-7-4-3-5-8-16)22-13-18-12-11-17-9-6-10-19(25-2)21(17)23(18)20(24)14-22/h3-10,15,18H,11-14H2,1-2H3/t15-,18+/m0/s1. The van der Waals surface area contributed by atoms with Gasteiger partial charge in [-0.3, -0.25) is 9.69 Å². The largest absolute Gasteiger partial charge is 0.495 e. The molecule has 1 saturated heterocycles. The lowest BCUT2D eigenvalue weighted by Gasteiger charge is -2.46. The molecule has 0 aliphatic carbocycles. The number of methoxy groups -OCH3 is 1. The Bertz CT molecular complexity index is 760. The molecule has 25 heavy (non-hydrogen) atoms. The molecule has 2 aromatic carbocycles. The van der Waals surface area contributed by atoms with E-state index in [0.29, 0.717) is 6.54 Å². The summed E-state index contributed by atoms with van der Waals surface area (Å²) in [6.45, 7) is 3.54. The lowest BCUT2D eigenvalue weighted by molar-refractivity contribution is -0.123. The van der Waals surface area contributed by atoms with E-state index in [-0.39, 0.29) is 18.0 Å². The van der Waals surface area contributed by atoms with E-state index < -0.39 is 0 Å². The molecule has 4 nitrogen and oxygen atoms in total. The highest BCUT2D eigenvalue weighted by Gasteiger charge is 2.39. The molecule has 2 aliphatic rings. The van der Waals surface area contributed by atoms with Gasteiger partial charge in [0.05, 0.1) is 25.4 Å². The first-order valence-corrected chi connectivity index (χ1v) is 8.96. The van der Waals surface area contributed by atoms with E-state index in [1.807, 2.05) is 23.1 Å². The van der Waals surface area contributed by atoms with Crippen LogP contribution >= 0.6 is 0 Å². The van der Waals surface area contributed by atoms with Gasteiger partial charge in [-0.25, -0.2) is 0 Å². The number of fused-ring (bicyclic) bond motifs is 3. The first kappa shape index (κ1) is 16.2. The third-order valence-electron chi connectivity index (χ3n) is 5.54. The number of hydrogen-bond acceptors (Lipinski definition) is 3. The number of para-hydroxylation sites is 1. The van der Waals surface area contributed by atoms with Crippen LogP contribution in [-0.4, -0.2) is 37.0 Å².